The van der Waals surface area contributed by atoms with Crippen molar-refractivity contribution in [2.24, 2.45) is 0 Å². The smallest absolute Gasteiger partial charge is 0.242 e. The molecule has 2 rings (SSSR count). The van der Waals surface area contributed by atoms with Gasteiger partial charge in [-0.2, -0.15) is 0 Å². The minimum atomic E-state index is -1.64. The lowest BCUT2D eigenvalue weighted by atomic mass is 10.0. The summed E-state index contributed by atoms with van der Waals surface area (Å²) in [6.07, 6.45) is 0. The number of carbonyl (C=O) groups excluding carboxylic acids is 1. The van der Waals surface area contributed by atoms with Crippen molar-refractivity contribution in [1.82, 2.24) is 0 Å². The van der Waals surface area contributed by atoms with Crippen molar-refractivity contribution < 1.29 is 13.6 Å². The number of rotatable bonds is 4. The Kier molecular flexibility index (Phi) is 4.04. The molecule has 2 aromatic carbocycles. The minimum absolute atomic E-state index is 0.121. The fraction of sp³-hybridized carbons (Fsp3) is 0.188. The second-order valence-electron chi connectivity index (χ2n) is 5.57. The molecule has 20 heavy (non-hydrogen) atoms. The Hall–Kier alpha value is -1.94. The zero-order valence-electron chi connectivity index (χ0n) is 11.8. The van der Waals surface area contributed by atoms with Gasteiger partial charge in [0.25, 0.3) is 0 Å². The largest absolute Gasteiger partial charge is 0.544 e. The summed E-state index contributed by atoms with van der Waals surface area (Å²) >= 11 is 0. The summed E-state index contributed by atoms with van der Waals surface area (Å²) in [7, 11) is -1.64. The lowest BCUT2D eigenvalue weighted by Crippen LogP contribution is -2.29. The van der Waals surface area contributed by atoms with Gasteiger partial charge in [0.05, 0.1) is 0 Å². The lowest BCUT2D eigenvalue weighted by Gasteiger charge is -2.19. The normalized spacial score (nSPS) is 11.2. The third kappa shape index (κ3) is 3.77. The van der Waals surface area contributed by atoms with Gasteiger partial charge in [-0.05, 0) is 68.2 Å². The maximum Gasteiger partial charge on any atom is 0.242 e. The number of hydrogen-bond donors (Lipinski definition) is 0. The van der Waals surface area contributed by atoms with E-state index in [0.29, 0.717) is 11.1 Å². The standard InChI is InChI=1S/C16H17FO2Si/c1-20(2,3)19-15-10-6-13(7-11-15)16(18)12-4-8-14(17)9-5-12/h4-11H,1-3H3. The molecule has 104 valence electrons. The van der Waals surface area contributed by atoms with Gasteiger partial charge < -0.3 is 4.43 Å². The van der Waals surface area contributed by atoms with Crippen LogP contribution in [0.25, 0.3) is 0 Å². The first-order chi connectivity index (χ1) is 9.35. The van der Waals surface area contributed by atoms with Gasteiger partial charge in [0.2, 0.25) is 8.32 Å². The molecule has 0 aliphatic rings. The second kappa shape index (κ2) is 5.59. The summed E-state index contributed by atoms with van der Waals surface area (Å²) in [6, 6.07) is 12.6. The third-order valence-corrected chi connectivity index (χ3v) is 3.50. The quantitative estimate of drug-likeness (QED) is 0.620. The highest BCUT2D eigenvalue weighted by molar-refractivity contribution is 6.70. The summed E-state index contributed by atoms with van der Waals surface area (Å²) in [5.41, 5.74) is 1.05. The van der Waals surface area contributed by atoms with Crippen LogP contribution < -0.4 is 4.43 Å². The van der Waals surface area contributed by atoms with E-state index >= 15 is 0 Å². The Balaban J connectivity index is 2.17. The number of halogens is 1. The Morgan fingerprint density at radius 2 is 1.35 bits per heavy atom. The minimum Gasteiger partial charge on any atom is -0.544 e. The zero-order chi connectivity index (χ0) is 14.8. The van der Waals surface area contributed by atoms with Crippen molar-refractivity contribution in [2.75, 3.05) is 0 Å². The Labute approximate surface area is 119 Å². The number of carbonyl (C=O) groups is 1. The van der Waals surface area contributed by atoms with Gasteiger partial charge in [0, 0.05) is 11.1 Å². The molecule has 2 aromatic rings. The number of benzene rings is 2. The highest BCUT2D eigenvalue weighted by Crippen LogP contribution is 2.18. The molecule has 0 unspecified atom stereocenters. The summed E-state index contributed by atoms with van der Waals surface area (Å²) in [4.78, 5) is 12.2. The van der Waals surface area contributed by atoms with Crippen LogP contribution in [0, 0.1) is 5.82 Å². The maximum absolute atomic E-state index is 12.8. The molecule has 0 aromatic heterocycles. The first-order valence-corrected chi connectivity index (χ1v) is 9.85. The van der Waals surface area contributed by atoms with Crippen LogP contribution in [0.3, 0.4) is 0 Å². The van der Waals surface area contributed by atoms with Gasteiger partial charge in [-0.1, -0.05) is 0 Å². The van der Waals surface area contributed by atoms with Crippen LogP contribution >= 0.6 is 0 Å². The van der Waals surface area contributed by atoms with Crippen LogP contribution in [0.1, 0.15) is 15.9 Å². The van der Waals surface area contributed by atoms with Crippen LogP contribution in [0.2, 0.25) is 19.6 Å². The summed E-state index contributed by atoms with van der Waals surface area (Å²) in [5.74, 6) is 0.310. The van der Waals surface area contributed by atoms with Crippen LogP contribution in [-0.2, 0) is 0 Å². The van der Waals surface area contributed by atoms with Crippen molar-refractivity contribution >= 4 is 14.1 Å². The predicted octanol–water partition coefficient (Wildman–Crippen LogP) is 4.27. The molecule has 0 N–H and O–H groups in total. The summed E-state index contributed by atoms with van der Waals surface area (Å²) < 4.78 is 18.7. The molecule has 4 heteroatoms. The van der Waals surface area contributed by atoms with Crippen molar-refractivity contribution in [3.05, 3.63) is 65.5 Å². The number of hydrogen-bond acceptors (Lipinski definition) is 2. The molecular weight excluding hydrogens is 271 g/mol. The lowest BCUT2D eigenvalue weighted by molar-refractivity contribution is 0.103. The zero-order valence-corrected chi connectivity index (χ0v) is 12.8. The molecule has 2 nitrogen and oxygen atoms in total. The van der Waals surface area contributed by atoms with Crippen molar-refractivity contribution in [3.8, 4) is 5.75 Å². The molecule has 0 radical (unpaired) electrons. The van der Waals surface area contributed by atoms with Crippen LogP contribution in [0.15, 0.2) is 48.5 Å². The monoisotopic (exact) mass is 288 g/mol. The molecule has 0 fully saturated rings. The molecular formula is C16H17FO2Si. The molecule has 0 heterocycles. The first kappa shape index (κ1) is 14.5. The van der Waals surface area contributed by atoms with Crippen molar-refractivity contribution in [2.45, 2.75) is 19.6 Å². The Morgan fingerprint density at radius 1 is 0.900 bits per heavy atom. The van der Waals surface area contributed by atoms with E-state index in [-0.39, 0.29) is 11.6 Å². The van der Waals surface area contributed by atoms with E-state index < -0.39 is 8.32 Å². The molecule has 0 saturated heterocycles. The van der Waals surface area contributed by atoms with Crippen molar-refractivity contribution in [1.29, 1.82) is 0 Å². The molecule has 0 aliphatic carbocycles. The van der Waals surface area contributed by atoms with Gasteiger partial charge >= 0.3 is 0 Å². The van der Waals surface area contributed by atoms with Crippen LogP contribution in [-0.4, -0.2) is 14.1 Å². The predicted molar refractivity (Wildman–Crippen MR) is 80.2 cm³/mol. The molecule has 0 amide bonds. The maximum atomic E-state index is 12.8. The third-order valence-electron chi connectivity index (χ3n) is 2.65. The van der Waals surface area contributed by atoms with Crippen molar-refractivity contribution in [3.63, 3.8) is 0 Å². The van der Waals surface area contributed by atoms with Gasteiger partial charge in [-0.15, -0.1) is 0 Å². The van der Waals surface area contributed by atoms with Crippen LogP contribution in [0.4, 0.5) is 4.39 Å². The Morgan fingerprint density at radius 3 is 1.80 bits per heavy atom. The van der Waals surface area contributed by atoms with E-state index in [4.69, 9.17) is 4.43 Å². The van der Waals surface area contributed by atoms with Gasteiger partial charge in [0.1, 0.15) is 11.6 Å². The second-order valence-corrected chi connectivity index (χ2v) is 10.0. The fourth-order valence-electron chi connectivity index (χ4n) is 1.80. The highest BCUT2D eigenvalue weighted by Gasteiger charge is 2.16. The first-order valence-electron chi connectivity index (χ1n) is 6.44. The summed E-state index contributed by atoms with van der Waals surface area (Å²) in [6.45, 7) is 6.31. The molecule has 0 saturated carbocycles. The van der Waals surface area contributed by atoms with Gasteiger partial charge in [0.15, 0.2) is 5.78 Å². The Bertz CT molecular complexity index is 598. The molecule has 0 atom stereocenters. The average Bonchev–Trinajstić information content (AvgIpc) is 2.38. The SMILES string of the molecule is C[Si](C)(C)Oc1ccc(C(=O)c2ccc(F)cc2)cc1. The average molecular weight is 288 g/mol. The van der Waals surface area contributed by atoms with E-state index in [2.05, 4.69) is 19.6 Å². The van der Waals surface area contributed by atoms with E-state index in [1.54, 1.807) is 24.3 Å². The van der Waals surface area contributed by atoms with E-state index in [9.17, 15) is 9.18 Å². The topological polar surface area (TPSA) is 26.3 Å². The summed E-state index contributed by atoms with van der Waals surface area (Å²) in [5, 5.41) is 0. The van der Waals surface area contributed by atoms with Crippen LogP contribution in [0.5, 0.6) is 5.75 Å². The molecule has 0 spiro atoms. The van der Waals surface area contributed by atoms with Gasteiger partial charge in [-0.3, -0.25) is 4.79 Å². The highest BCUT2D eigenvalue weighted by atomic mass is 28.4. The van der Waals surface area contributed by atoms with E-state index in [1.807, 2.05) is 0 Å². The fourth-order valence-corrected chi connectivity index (χ4v) is 2.64. The number of ketones is 1. The molecule has 0 bridgehead atoms. The van der Waals surface area contributed by atoms with E-state index in [1.165, 1.54) is 24.3 Å². The van der Waals surface area contributed by atoms with E-state index in [0.717, 1.165) is 5.75 Å². The molecule has 0 aliphatic heterocycles. The van der Waals surface area contributed by atoms with Gasteiger partial charge in [-0.25, -0.2) is 4.39 Å².